The standard InChI is InChI=1S/C16H11ClFN5O/c17-10-1-4-12(18)13(5-10)21-14-6-15(20-11-2-3-11)23-16(22-14)9(8-24)7-19-23/h1,4-6,8,11H,2-3H2,(H-,19,20,21,22,24)/p+1. The molecule has 24 heavy (non-hydrogen) atoms. The number of hydrogen-bond acceptors (Lipinski definition) is 6. The van der Waals surface area contributed by atoms with Crippen molar-refractivity contribution >= 4 is 35.6 Å². The number of allylic oxidation sites excluding steroid dienone is 1. The molecule has 0 amide bonds. The van der Waals surface area contributed by atoms with Crippen LogP contribution in [0.1, 0.15) is 12.8 Å². The molecule has 8 heteroatoms. The summed E-state index contributed by atoms with van der Waals surface area (Å²) in [5.74, 6) is 0.939. The van der Waals surface area contributed by atoms with Gasteiger partial charge in [0.2, 0.25) is 0 Å². The van der Waals surface area contributed by atoms with Gasteiger partial charge in [-0.15, -0.1) is 10.0 Å². The Balaban J connectivity index is 1.69. The summed E-state index contributed by atoms with van der Waals surface area (Å²) >= 11 is 5.91. The third-order valence-corrected chi connectivity index (χ3v) is 3.91. The highest BCUT2D eigenvalue weighted by molar-refractivity contribution is 6.31. The maximum absolute atomic E-state index is 13.9. The van der Waals surface area contributed by atoms with Gasteiger partial charge in [0, 0.05) is 17.1 Å². The first-order chi connectivity index (χ1) is 11.6. The van der Waals surface area contributed by atoms with E-state index in [0.29, 0.717) is 34.8 Å². The predicted molar refractivity (Wildman–Crippen MR) is 89.1 cm³/mol. The highest BCUT2D eigenvalue weighted by Gasteiger charge is 2.37. The number of hydrogen-bond donors (Lipinski definition) is 2. The molecule has 4 rings (SSSR count). The molecular formula is C16H12ClFN5O+. The van der Waals surface area contributed by atoms with E-state index < -0.39 is 5.82 Å². The largest absolute Gasteiger partial charge is 0.366 e. The lowest BCUT2D eigenvalue weighted by Crippen LogP contribution is -2.32. The van der Waals surface area contributed by atoms with Crippen molar-refractivity contribution in [1.82, 2.24) is 10.3 Å². The molecule has 1 saturated carbocycles. The van der Waals surface area contributed by atoms with Gasteiger partial charge < -0.3 is 10.6 Å². The molecule has 0 saturated heterocycles. The summed E-state index contributed by atoms with van der Waals surface area (Å²) in [5, 5.41) is 12.2. The van der Waals surface area contributed by atoms with E-state index in [1.807, 2.05) is 0 Å². The summed E-state index contributed by atoms with van der Waals surface area (Å²) in [6, 6.07) is 4.58. The number of carbonyl (C=O) groups excluding carboxylic acids is 1. The molecule has 1 aromatic rings. The SMILES string of the molecule is O=CC1=C2N=C(Nc3cc(Cl)ccc3F)C=C(NC3CC3)N2N=[C+]1. The lowest BCUT2D eigenvalue weighted by molar-refractivity contribution is -0.104. The van der Waals surface area contributed by atoms with Crippen LogP contribution in [0.25, 0.3) is 0 Å². The topological polar surface area (TPSA) is 69.1 Å². The van der Waals surface area contributed by atoms with Crippen LogP contribution in [0.4, 0.5) is 10.1 Å². The van der Waals surface area contributed by atoms with Gasteiger partial charge in [-0.25, -0.2) is 9.18 Å². The van der Waals surface area contributed by atoms with Crippen LogP contribution >= 0.6 is 11.6 Å². The lowest BCUT2D eigenvalue weighted by Gasteiger charge is -2.20. The summed E-state index contributed by atoms with van der Waals surface area (Å²) in [5.41, 5.74) is 0.442. The zero-order chi connectivity index (χ0) is 16.7. The average molecular weight is 345 g/mol. The van der Waals surface area contributed by atoms with Crippen LogP contribution in [0.3, 0.4) is 0 Å². The van der Waals surface area contributed by atoms with Crippen molar-refractivity contribution < 1.29 is 9.18 Å². The van der Waals surface area contributed by atoms with Crippen molar-refractivity contribution in [1.29, 1.82) is 0 Å². The van der Waals surface area contributed by atoms with E-state index in [9.17, 15) is 9.18 Å². The van der Waals surface area contributed by atoms with E-state index in [-0.39, 0.29) is 11.3 Å². The van der Waals surface area contributed by atoms with Gasteiger partial charge in [-0.3, -0.25) is 0 Å². The van der Waals surface area contributed by atoms with Crippen molar-refractivity contribution in [3.63, 3.8) is 0 Å². The number of aldehydes is 1. The molecule has 2 N–H and O–H groups in total. The van der Waals surface area contributed by atoms with Crippen LogP contribution < -0.4 is 10.6 Å². The third kappa shape index (κ3) is 2.75. The van der Waals surface area contributed by atoms with Gasteiger partial charge in [0.15, 0.2) is 17.9 Å². The Morgan fingerprint density at radius 2 is 2.25 bits per heavy atom. The van der Waals surface area contributed by atoms with Gasteiger partial charge in [-0.2, -0.15) is 0 Å². The van der Waals surface area contributed by atoms with E-state index in [1.54, 1.807) is 6.08 Å². The first-order valence-corrected chi connectivity index (χ1v) is 7.77. The number of amidine groups is 1. The van der Waals surface area contributed by atoms with Crippen molar-refractivity contribution in [2.24, 2.45) is 10.1 Å². The Hall–Kier alpha value is -2.76. The fourth-order valence-corrected chi connectivity index (χ4v) is 2.51. The summed E-state index contributed by atoms with van der Waals surface area (Å²) < 4.78 is 13.9. The molecule has 0 unspecified atom stereocenters. The second kappa shape index (κ2) is 5.70. The fourth-order valence-electron chi connectivity index (χ4n) is 2.34. The van der Waals surface area contributed by atoms with E-state index in [1.165, 1.54) is 23.2 Å². The molecule has 2 aliphatic heterocycles. The molecule has 6 nitrogen and oxygen atoms in total. The van der Waals surface area contributed by atoms with Crippen molar-refractivity contribution in [2.45, 2.75) is 18.9 Å². The molecule has 1 aromatic carbocycles. The van der Waals surface area contributed by atoms with Crippen molar-refractivity contribution in [3.05, 3.63) is 52.3 Å². The molecule has 1 aliphatic carbocycles. The predicted octanol–water partition coefficient (Wildman–Crippen LogP) is 2.49. The molecule has 3 aliphatic rings. The summed E-state index contributed by atoms with van der Waals surface area (Å²) in [6.45, 7) is 0. The highest BCUT2D eigenvalue weighted by atomic mass is 35.5. The summed E-state index contributed by atoms with van der Waals surface area (Å²) in [7, 11) is 0. The third-order valence-electron chi connectivity index (χ3n) is 3.68. The smallest absolute Gasteiger partial charge is 0.297 e. The van der Waals surface area contributed by atoms with Gasteiger partial charge >= 0.3 is 0 Å². The van der Waals surface area contributed by atoms with Gasteiger partial charge in [0.1, 0.15) is 5.82 Å². The Bertz CT molecular complexity index is 841. The summed E-state index contributed by atoms with van der Waals surface area (Å²) in [4.78, 5) is 15.5. The van der Waals surface area contributed by atoms with Gasteiger partial charge in [0.05, 0.1) is 5.69 Å². The second-order valence-corrected chi connectivity index (χ2v) is 6.01. The monoisotopic (exact) mass is 344 g/mol. The Morgan fingerprint density at radius 3 is 3.00 bits per heavy atom. The Kier molecular flexibility index (Phi) is 3.52. The maximum atomic E-state index is 13.9. The number of aliphatic imine (C=N–C) groups is 1. The molecule has 0 bridgehead atoms. The van der Waals surface area contributed by atoms with Crippen LogP contribution in [0.15, 0.2) is 51.6 Å². The zero-order valence-electron chi connectivity index (χ0n) is 12.4. The van der Waals surface area contributed by atoms with E-state index in [2.05, 4.69) is 26.9 Å². The number of nitrogens with zero attached hydrogens (tertiary/aromatic N) is 3. The molecule has 0 radical (unpaired) electrons. The average Bonchev–Trinajstić information content (AvgIpc) is 3.28. The highest BCUT2D eigenvalue weighted by Crippen LogP contribution is 2.29. The number of hydrazone groups is 1. The molecule has 120 valence electrons. The van der Waals surface area contributed by atoms with E-state index in [0.717, 1.165) is 12.8 Å². The Morgan fingerprint density at radius 1 is 1.42 bits per heavy atom. The molecule has 0 aromatic heterocycles. The molecular weight excluding hydrogens is 333 g/mol. The number of halogens is 2. The minimum atomic E-state index is -0.451. The molecule has 2 heterocycles. The van der Waals surface area contributed by atoms with Crippen LogP contribution in [0.2, 0.25) is 5.02 Å². The van der Waals surface area contributed by atoms with Gasteiger partial charge in [-0.1, -0.05) is 11.6 Å². The summed E-state index contributed by atoms with van der Waals surface area (Å²) in [6.07, 6.45) is 7.12. The fraction of sp³-hybridized carbons (Fsp3) is 0.188. The molecule has 0 spiro atoms. The Labute approximate surface area is 142 Å². The zero-order valence-corrected chi connectivity index (χ0v) is 13.1. The number of anilines is 1. The maximum Gasteiger partial charge on any atom is 0.297 e. The quantitative estimate of drug-likeness (QED) is 0.650. The van der Waals surface area contributed by atoms with Crippen LogP contribution in [-0.4, -0.2) is 29.4 Å². The minimum absolute atomic E-state index is 0.202. The van der Waals surface area contributed by atoms with Gasteiger partial charge in [0.25, 0.3) is 17.7 Å². The van der Waals surface area contributed by atoms with E-state index in [4.69, 9.17) is 11.6 Å². The number of carbonyl (C=O) groups is 1. The number of benzene rings is 1. The first kappa shape index (κ1) is 14.8. The van der Waals surface area contributed by atoms with Crippen LogP contribution in [0.5, 0.6) is 0 Å². The number of rotatable bonds is 4. The lowest BCUT2D eigenvalue weighted by atomic mass is 10.2. The number of nitrogens with one attached hydrogen (secondary N) is 2. The second-order valence-electron chi connectivity index (χ2n) is 5.57. The van der Waals surface area contributed by atoms with Crippen LogP contribution in [0, 0.1) is 5.82 Å². The number of fused-ring (bicyclic) bond motifs is 1. The van der Waals surface area contributed by atoms with Crippen LogP contribution in [-0.2, 0) is 4.79 Å². The molecule has 0 atom stereocenters. The molecule has 1 fully saturated rings. The normalized spacial score (nSPS) is 18.7. The van der Waals surface area contributed by atoms with Crippen molar-refractivity contribution in [3.8, 4) is 0 Å². The minimum Gasteiger partial charge on any atom is -0.366 e. The van der Waals surface area contributed by atoms with E-state index >= 15 is 0 Å². The van der Waals surface area contributed by atoms with Gasteiger partial charge in [-0.05, 0) is 36.1 Å². The van der Waals surface area contributed by atoms with Crippen molar-refractivity contribution in [2.75, 3.05) is 5.32 Å². The first-order valence-electron chi connectivity index (χ1n) is 7.39.